The molecule has 1 saturated heterocycles. The molecule has 0 saturated carbocycles. The lowest BCUT2D eigenvalue weighted by molar-refractivity contribution is 0.0656. The van der Waals surface area contributed by atoms with Crippen molar-refractivity contribution in [3.05, 3.63) is 63.7 Å². The summed E-state index contributed by atoms with van der Waals surface area (Å²) in [7, 11) is 0. The zero-order valence-corrected chi connectivity index (χ0v) is 17.1. The van der Waals surface area contributed by atoms with E-state index in [0.29, 0.717) is 36.0 Å². The van der Waals surface area contributed by atoms with E-state index in [4.69, 9.17) is 21.1 Å². The molecule has 2 aromatic rings. The van der Waals surface area contributed by atoms with Crippen LogP contribution in [0.1, 0.15) is 46.8 Å². The number of hydrogen-bond donors (Lipinski definition) is 0. The Morgan fingerprint density at radius 3 is 2.50 bits per heavy atom. The molecule has 0 bridgehead atoms. The molecule has 3 rings (SSSR count). The zero-order valence-electron chi connectivity index (χ0n) is 16.3. The smallest absolute Gasteiger partial charge is 0.410 e. The van der Waals surface area contributed by atoms with Gasteiger partial charge in [-0.3, -0.25) is 4.79 Å². The van der Waals surface area contributed by atoms with Gasteiger partial charge in [-0.1, -0.05) is 41.9 Å². The molecule has 148 valence electrons. The minimum absolute atomic E-state index is 0.0580. The Bertz CT molecular complexity index is 876. The third-order valence-electron chi connectivity index (χ3n) is 4.94. The van der Waals surface area contributed by atoms with Crippen LogP contribution in [-0.2, 0) is 11.3 Å². The molecule has 0 unspecified atom stereocenters. The van der Waals surface area contributed by atoms with Crippen LogP contribution < -0.4 is 4.74 Å². The highest BCUT2D eigenvalue weighted by molar-refractivity contribution is 6.32. The minimum Gasteiger partial charge on any atom is -0.493 e. The number of likely N-dealkylation sites (tertiary alicyclic amines) is 1. The van der Waals surface area contributed by atoms with Crippen molar-refractivity contribution < 1.29 is 19.1 Å². The van der Waals surface area contributed by atoms with Gasteiger partial charge in [-0.2, -0.15) is 0 Å². The number of carbonyl (C=O) groups excluding carboxylic acids is 2. The molecule has 1 aliphatic rings. The van der Waals surface area contributed by atoms with Gasteiger partial charge in [-0.15, -0.1) is 0 Å². The Labute approximate surface area is 170 Å². The SMILES string of the molecule is CCOc1c(C(C)=O)cc(Cl)c(C)c1C1CN(C(=O)OCc2ccccc2)C1. The monoisotopic (exact) mass is 401 g/mol. The number of ketones is 1. The Kier molecular flexibility index (Phi) is 6.25. The van der Waals surface area contributed by atoms with Crippen molar-refractivity contribution in [2.45, 2.75) is 33.3 Å². The van der Waals surface area contributed by atoms with E-state index in [1.807, 2.05) is 44.2 Å². The van der Waals surface area contributed by atoms with Crippen LogP contribution in [0, 0.1) is 6.92 Å². The molecule has 28 heavy (non-hydrogen) atoms. The topological polar surface area (TPSA) is 55.8 Å². The van der Waals surface area contributed by atoms with Crippen molar-refractivity contribution in [2.24, 2.45) is 0 Å². The lowest BCUT2D eigenvalue weighted by atomic mass is 9.86. The molecule has 0 spiro atoms. The van der Waals surface area contributed by atoms with Gasteiger partial charge in [0.2, 0.25) is 0 Å². The van der Waals surface area contributed by atoms with Gasteiger partial charge in [0.15, 0.2) is 5.78 Å². The first-order valence-electron chi connectivity index (χ1n) is 9.34. The first-order chi connectivity index (χ1) is 13.4. The molecule has 0 aliphatic carbocycles. The molecule has 6 heteroatoms. The average Bonchev–Trinajstić information content (AvgIpc) is 2.64. The van der Waals surface area contributed by atoms with Crippen LogP contribution in [0.15, 0.2) is 36.4 Å². The first-order valence-corrected chi connectivity index (χ1v) is 9.72. The van der Waals surface area contributed by atoms with Gasteiger partial charge in [0, 0.05) is 29.6 Å². The van der Waals surface area contributed by atoms with Crippen molar-refractivity contribution in [3.8, 4) is 5.75 Å². The maximum atomic E-state index is 12.3. The number of hydrogen-bond acceptors (Lipinski definition) is 4. The number of Topliss-reactive ketones (excluding diaryl/α,β-unsaturated/α-hetero) is 1. The number of halogens is 1. The maximum absolute atomic E-state index is 12.3. The van der Waals surface area contributed by atoms with E-state index >= 15 is 0 Å². The summed E-state index contributed by atoms with van der Waals surface area (Å²) >= 11 is 6.36. The van der Waals surface area contributed by atoms with Gasteiger partial charge in [-0.25, -0.2) is 4.79 Å². The quantitative estimate of drug-likeness (QED) is 0.640. The molecular formula is C22H24ClNO4. The molecule has 0 aromatic heterocycles. The normalized spacial score (nSPS) is 13.8. The van der Waals surface area contributed by atoms with E-state index in [-0.39, 0.29) is 24.4 Å². The average molecular weight is 402 g/mol. The predicted octanol–water partition coefficient (Wildman–Crippen LogP) is 4.99. The van der Waals surface area contributed by atoms with Gasteiger partial charge in [0.1, 0.15) is 12.4 Å². The summed E-state index contributed by atoms with van der Waals surface area (Å²) in [6.07, 6.45) is -0.343. The van der Waals surface area contributed by atoms with Gasteiger partial charge in [-0.05, 0) is 38.0 Å². The van der Waals surface area contributed by atoms with Crippen LogP contribution in [-0.4, -0.2) is 36.5 Å². The van der Waals surface area contributed by atoms with E-state index in [9.17, 15) is 9.59 Å². The summed E-state index contributed by atoms with van der Waals surface area (Å²) < 4.78 is 11.2. The summed E-state index contributed by atoms with van der Waals surface area (Å²) in [6.45, 7) is 7.01. The third-order valence-corrected chi connectivity index (χ3v) is 5.34. The summed E-state index contributed by atoms with van der Waals surface area (Å²) in [5.41, 5.74) is 3.23. The van der Waals surface area contributed by atoms with Crippen LogP contribution in [0.2, 0.25) is 5.02 Å². The second kappa shape index (κ2) is 8.65. The maximum Gasteiger partial charge on any atom is 0.410 e. The van der Waals surface area contributed by atoms with Gasteiger partial charge in [0.25, 0.3) is 0 Å². The molecule has 0 atom stereocenters. The number of benzene rings is 2. The van der Waals surface area contributed by atoms with Crippen molar-refractivity contribution >= 4 is 23.5 Å². The number of nitrogens with zero attached hydrogens (tertiary/aromatic N) is 1. The van der Waals surface area contributed by atoms with Crippen LogP contribution in [0.25, 0.3) is 0 Å². The van der Waals surface area contributed by atoms with E-state index in [1.165, 1.54) is 6.92 Å². The Morgan fingerprint density at radius 2 is 1.89 bits per heavy atom. The summed E-state index contributed by atoms with van der Waals surface area (Å²) in [4.78, 5) is 26.0. The van der Waals surface area contributed by atoms with Crippen LogP contribution in [0.3, 0.4) is 0 Å². The van der Waals surface area contributed by atoms with Crippen molar-refractivity contribution in [1.82, 2.24) is 4.90 Å². The van der Waals surface area contributed by atoms with Gasteiger partial charge >= 0.3 is 6.09 Å². The largest absolute Gasteiger partial charge is 0.493 e. The molecule has 1 fully saturated rings. The highest BCUT2D eigenvalue weighted by Gasteiger charge is 2.37. The summed E-state index contributed by atoms with van der Waals surface area (Å²) in [5, 5.41) is 0.536. The Balaban J connectivity index is 1.72. The van der Waals surface area contributed by atoms with E-state index < -0.39 is 0 Å². The fourth-order valence-corrected chi connectivity index (χ4v) is 3.63. The van der Waals surface area contributed by atoms with Crippen molar-refractivity contribution in [2.75, 3.05) is 19.7 Å². The highest BCUT2D eigenvalue weighted by Crippen LogP contribution is 2.41. The third kappa shape index (κ3) is 4.14. The van der Waals surface area contributed by atoms with Gasteiger partial charge in [0.05, 0.1) is 12.2 Å². The lowest BCUT2D eigenvalue weighted by Gasteiger charge is -2.40. The second-order valence-corrected chi connectivity index (χ2v) is 7.31. The summed E-state index contributed by atoms with van der Waals surface area (Å²) in [6, 6.07) is 11.2. The molecule has 1 aliphatic heterocycles. The number of rotatable bonds is 6. The number of amides is 1. The minimum atomic E-state index is -0.343. The number of ether oxygens (including phenoxy) is 2. The molecule has 0 N–H and O–H groups in total. The standard InChI is InChI=1S/C22H24ClNO4/c1-4-27-21-18(15(3)25)10-19(23)14(2)20(21)17-11-24(12-17)22(26)28-13-16-8-6-5-7-9-16/h5-10,17H,4,11-13H2,1-3H3. The fraction of sp³-hybridized carbons (Fsp3) is 0.364. The second-order valence-electron chi connectivity index (χ2n) is 6.91. The number of carbonyl (C=O) groups is 2. The van der Waals surface area contributed by atoms with Crippen molar-refractivity contribution in [1.29, 1.82) is 0 Å². The van der Waals surface area contributed by atoms with Crippen molar-refractivity contribution in [3.63, 3.8) is 0 Å². The molecule has 0 radical (unpaired) electrons. The Hall–Kier alpha value is -2.53. The van der Waals surface area contributed by atoms with Gasteiger partial charge < -0.3 is 14.4 Å². The van der Waals surface area contributed by atoms with E-state index in [2.05, 4.69) is 0 Å². The molecule has 1 amide bonds. The molecule has 2 aromatic carbocycles. The summed E-state index contributed by atoms with van der Waals surface area (Å²) in [5.74, 6) is 0.548. The fourth-order valence-electron chi connectivity index (χ4n) is 3.42. The van der Waals surface area contributed by atoms with Crippen LogP contribution in [0.5, 0.6) is 5.75 Å². The zero-order chi connectivity index (χ0) is 20.3. The first kappa shape index (κ1) is 20.2. The highest BCUT2D eigenvalue weighted by atomic mass is 35.5. The lowest BCUT2D eigenvalue weighted by Crippen LogP contribution is -2.49. The Morgan fingerprint density at radius 1 is 1.21 bits per heavy atom. The van der Waals surface area contributed by atoms with E-state index in [0.717, 1.165) is 16.7 Å². The predicted molar refractivity (Wildman–Crippen MR) is 108 cm³/mol. The van der Waals surface area contributed by atoms with Crippen LogP contribution >= 0.6 is 11.6 Å². The molecule has 1 heterocycles. The molecular weight excluding hydrogens is 378 g/mol. The molecule has 5 nitrogen and oxygen atoms in total. The van der Waals surface area contributed by atoms with E-state index in [1.54, 1.807) is 11.0 Å². The van der Waals surface area contributed by atoms with Crippen LogP contribution in [0.4, 0.5) is 4.79 Å².